The summed E-state index contributed by atoms with van der Waals surface area (Å²) in [7, 11) is 0. The van der Waals surface area contributed by atoms with Crippen LogP contribution >= 0.6 is 11.6 Å². The number of primary amides is 1. The maximum absolute atomic E-state index is 13.7. The van der Waals surface area contributed by atoms with Crippen LogP contribution in [0.25, 0.3) is 0 Å². The zero-order valence-electron chi connectivity index (χ0n) is 29.4. The zero-order chi connectivity index (χ0) is 38.1. The van der Waals surface area contributed by atoms with Crippen molar-refractivity contribution >= 4 is 59.3 Å². The lowest BCUT2D eigenvalue weighted by atomic mass is 9.84. The van der Waals surface area contributed by atoms with Crippen LogP contribution in [-0.4, -0.2) is 83.0 Å². The number of aliphatic carboxylic acids is 1. The van der Waals surface area contributed by atoms with Crippen LogP contribution in [-0.2, 0) is 44.8 Å². The van der Waals surface area contributed by atoms with E-state index in [0.29, 0.717) is 16.9 Å². The van der Waals surface area contributed by atoms with Gasteiger partial charge in [0, 0.05) is 31.2 Å². The minimum Gasteiger partial charge on any atom is -0.480 e. The second-order valence-electron chi connectivity index (χ2n) is 13.4. The Kier molecular flexibility index (Phi) is 18.1. The molecule has 0 aliphatic heterocycles. The summed E-state index contributed by atoms with van der Waals surface area (Å²) in [5.74, 6) is -5.66. The Morgan fingerprint density at radius 2 is 1.33 bits per heavy atom. The highest BCUT2D eigenvalue weighted by Gasteiger charge is 2.34. The fourth-order valence-corrected chi connectivity index (χ4v) is 6.09. The van der Waals surface area contributed by atoms with E-state index >= 15 is 0 Å². The number of hydrogen-bond acceptors (Lipinski definition) is 8. The first-order chi connectivity index (χ1) is 24.1. The fourth-order valence-electron chi connectivity index (χ4n) is 5.96. The number of benzene rings is 1. The third-order valence-corrected chi connectivity index (χ3v) is 8.82. The van der Waals surface area contributed by atoms with Crippen LogP contribution in [0.5, 0.6) is 0 Å². The molecule has 1 aliphatic rings. The van der Waals surface area contributed by atoms with Gasteiger partial charge in [-0.25, -0.2) is 4.79 Å². The highest BCUT2D eigenvalue weighted by molar-refractivity contribution is 6.30. The van der Waals surface area contributed by atoms with Crippen molar-refractivity contribution in [1.82, 2.24) is 26.6 Å². The lowest BCUT2D eigenvalue weighted by Gasteiger charge is -2.29. The Labute approximate surface area is 302 Å². The number of hydrogen-bond donors (Lipinski definition) is 7. The minimum absolute atomic E-state index is 0.0517. The van der Waals surface area contributed by atoms with E-state index < -0.39 is 78.0 Å². The zero-order valence-corrected chi connectivity index (χ0v) is 30.1. The van der Waals surface area contributed by atoms with Crippen LogP contribution < -0.4 is 32.3 Å². The highest BCUT2D eigenvalue weighted by Crippen LogP contribution is 2.27. The first kappa shape index (κ1) is 42.6. The third-order valence-electron chi connectivity index (χ3n) is 8.57. The average molecular weight is 735 g/mol. The van der Waals surface area contributed by atoms with Crippen molar-refractivity contribution in [2.75, 3.05) is 0 Å². The molecule has 1 aromatic rings. The molecule has 0 heterocycles. The van der Waals surface area contributed by atoms with E-state index in [2.05, 4.69) is 26.6 Å². The van der Waals surface area contributed by atoms with Crippen LogP contribution in [0.3, 0.4) is 0 Å². The molecular formula is C35H51ClN6O9. The van der Waals surface area contributed by atoms with E-state index in [4.69, 9.17) is 17.3 Å². The molecule has 0 spiro atoms. The number of nitrogens with two attached hydrogens (primary N) is 1. The molecule has 1 aliphatic carbocycles. The maximum Gasteiger partial charge on any atom is 0.326 e. The molecule has 5 atom stereocenters. The molecule has 2 rings (SSSR count). The van der Waals surface area contributed by atoms with Gasteiger partial charge in [-0.1, -0.05) is 69.7 Å². The van der Waals surface area contributed by atoms with Crippen molar-refractivity contribution in [2.24, 2.45) is 17.6 Å². The van der Waals surface area contributed by atoms with E-state index in [9.17, 15) is 43.5 Å². The van der Waals surface area contributed by atoms with Gasteiger partial charge in [-0.05, 0) is 48.8 Å². The summed E-state index contributed by atoms with van der Waals surface area (Å²) in [6.45, 7) is 4.80. The average Bonchev–Trinajstić information content (AvgIpc) is 3.06. The monoisotopic (exact) mass is 734 g/mol. The number of rotatable bonds is 21. The van der Waals surface area contributed by atoms with Gasteiger partial charge in [-0.2, -0.15) is 0 Å². The first-order valence-corrected chi connectivity index (χ1v) is 17.6. The number of carboxylic acid groups (broad SMARTS) is 1. The molecule has 1 aromatic carbocycles. The number of carboxylic acids is 1. The van der Waals surface area contributed by atoms with Gasteiger partial charge in [0.1, 0.15) is 36.5 Å². The van der Waals surface area contributed by atoms with Crippen LogP contribution in [0, 0.1) is 11.8 Å². The quantitative estimate of drug-likeness (QED) is 0.0899. The summed E-state index contributed by atoms with van der Waals surface area (Å²) in [5, 5.41) is 23.0. The second kappa shape index (κ2) is 21.6. The molecule has 1 saturated carbocycles. The van der Waals surface area contributed by atoms with E-state index in [0.717, 1.165) is 32.1 Å². The largest absolute Gasteiger partial charge is 0.480 e. The van der Waals surface area contributed by atoms with Gasteiger partial charge in [-0.3, -0.25) is 28.8 Å². The van der Waals surface area contributed by atoms with Crippen molar-refractivity contribution < 1.29 is 43.5 Å². The Hall–Kier alpha value is -4.53. The van der Waals surface area contributed by atoms with Crippen molar-refractivity contribution in [1.29, 1.82) is 0 Å². The molecule has 51 heavy (non-hydrogen) atoms. The van der Waals surface area contributed by atoms with Gasteiger partial charge in [0.2, 0.25) is 35.4 Å². The van der Waals surface area contributed by atoms with Gasteiger partial charge in [0.15, 0.2) is 0 Å². The Balaban J connectivity index is 2.25. The number of carbonyl (C=O) groups excluding carboxylic acids is 7. The van der Waals surface area contributed by atoms with Crippen molar-refractivity contribution in [3.05, 3.63) is 34.9 Å². The maximum atomic E-state index is 13.7. The molecule has 16 heteroatoms. The lowest BCUT2D eigenvalue weighted by molar-refractivity contribution is -0.142. The number of aldehydes is 1. The Morgan fingerprint density at radius 1 is 0.804 bits per heavy atom. The molecule has 1 fully saturated rings. The summed E-state index contributed by atoms with van der Waals surface area (Å²) >= 11 is 5.93. The smallest absolute Gasteiger partial charge is 0.326 e. The van der Waals surface area contributed by atoms with E-state index in [-0.39, 0.29) is 43.9 Å². The minimum atomic E-state index is -1.44. The van der Waals surface area contributed by atoms with Crippen molar-refractivity contribution in [2.45, 2.75) is 122 Å². The van der Waals surface area contributed by atoms with E-state index in [1.165, 1.54) is 6.92 Å². The summed E-state index contributed by atoms with van der Waals surface area (Å²) < 4.78 is 0. The van der Waals surface area contributed by atoms with Gasteiger partial charge < -0.3 is 42.2 Å². The molecule has 0 aromatic heterocycles. The molecule has 8 N–H and O–H groups in total. The predicted octanol–water partition coefficient (Wildman–Crippen LogP) is 1.28. The molecule has 0 radical (unpaired) electrons. The highest BCUT2D eigenvalue weighted by atomic mass is 35.5. The third kappa shape index (κ3) is 15.9. The SMILES string of the molecule is CC(=O)N[C@@H](CCC(N)=O)C(=O)N[C@@H](CC1CCCCC1)C(=O)N[C@@H](CC=O)C(=O)N[C@@H](CC(C)C)C(=O)N[C@@H](Cc1ccc(Cl)cc1)C(=O)O. The molecule has 6 amide bonds. The number of carbonyl (C=O) groups is 8. The standard InChI is InChI=1S/C35H51ClN6O9/c1-20(2)17-27(33(48)42-29(35(50)51)19-23-9-11-24(36)12-10-23)40-32(47)26(15-16-43)39-34(49)28(18-22-7-5-4-6-8-22)41-31(46)25(38-21(3)44)13-14-30(37)45/h9-12,16,20,22,25-29H,4-8,13-15,17-19H2,1-3H3,(H2,37,45)(H,38,44)(H,39,49)(H,40,47)(H,41,46)(H,42,48)(H,50,51)/t25-,26-,27-,28-,29-/m0/s1. The van der Waals surface area contributed by atoms with Crippen molar-refractivity contribution in [3.8, 4) is 0 Å². The number of nitrogens with one attached hydrogen (secondary N) is 5. The summed E-state index contributed by atoms with van der Waals surface area (Å²) in [4.78, 5) is 101. The first-order valence-electron chi connectivity index (χ1n) is 17.3. The van der Waals surface area contributed by atoms with Crippen molar-refractivity contribution in [3.63, 3.8) is 0 Å². The molecule has 282 valence electrons. The van der Waals surface area contributed by atoms with E-state index in [1.54, 1.807) is 38.1 Å². The Morgan fingerprint density at radius 3 is 1.88 bits per heavy atom. The molecule has 0 bridgehead atoms. The molecule has 0 saturated heterocycles. The van der Waals surface area contributed by atoms with Gasteiger partial charge >= 0.3 is 5.97 Å². The van der Waals surface area contributed by atoms with Crippen LogP contribution in [0.2, 0.25) is 5.02 Å². The molecule has 15 nitrogen and oxygen atoms in total. The van der Waals surface area contributed by atoms with Gasteiger partial charge in [0.25, 0.3) is 0 Å². The van der Waals surface area contributed by atoms with Crippen LogP contribution in [0.15, 0.2) is 24.3 Å². The fraction of sp³-hybridized carbons (Fsp3) is 0.600. The predicted molar refractivity (Wildman–Crippen MR) is 188 cm³/mol. The molecule has 0 unspecified atom stereocenters. The topological polar surface area (TPSA) is 243 Å². The van der Waals surface area contributed by atoms with Gasteiger partial charge in [0.05, 0.1) is 0 Å². The number of halogens is 1. The summed E-state index contributed by atoms with van der Waals surface area (Å²) in [6.07, 6.45) is 4.51. The normalized spacial score (nSPS) is 16.0. The summed E-state index contributed by atoms with van der Waals surface area (Å²) in [5.41, 5.74) is 5.85. The van der Waals surface area contributed by atoms with Crippen LogP contribution in [0.1, 0.15) is 90.5 Å². The van der Waals surface area contributed by atoms with E-state index in [1.807, 2.05) is 0 Å². The molecular weight excluding hydrogens is 684 g/mol. The Bertz CT molecular complexity index is 1380. The summed E-state index contributed by atoms with van der Waals surface area (Å²) in [6, 6.07) is 0.163. The lowest BCUT2D eigenvalue weighted by Crippen LogP contribution is -2.59. The number of amides is 6. The second-order valence-corrected chi connectivity index (χ2v) is 13.9. The van der Waals surface area contributed by atoms with Crippen LogP contribution in [0.4, 0.5) is 0 Å². The van der Waals surface area contributed by atoms with Gasteiger partial charge in [-0.15, -0.1) is 0 Å².